The molecule has 0 atom stereocenters. The predicted molar refractivity (Wildman–Crippen MR) is 112 cm³/mol. The Morgan fingerprint density at radius 3 is 2.29 bits per heavy atom. The van der Waals surface area contributed by atoms with Gasteiger partial charge >= 0.3 is 0 Å². The molecule has 0 spiro atoms. The maximum Gasteiger partial charge on any atom is 0.256 e. The summed E-state index contributed by atoms with van der Waals surface area (Å²) >= 11 is 5.95. The summed E-state index contributed by atoms with van der Waals surface area (Å²) in [6.07, 6.45) is 0.824. The Morgan fingerprint density at radius 1 is 0.893 bits per heavy atom. The zero-order valence-corrected chi connectivity index (χ0v) is 16.7. The summed E-state index contributed by atoms with van der Waals surface area (Å²) < 4.78 is 0. The first-order chi connectivity index (χ1) is 13.7. The minimum Gasteiger partial charge on any atom is -0.297 e. The van der Waals surface area contributed by atoms with Crippen molar-refractivity contribution in [2.24, 2.45) is 5.10 Å². The molecule has 146 valence electrons. The Hall–Kier alpha value is -2.21. The molecule has 2 aliphatic heterocycles. The highest BCUT2D eigenvalue weighted by Crippen LogP contribution is 2.15. The maximum atomic E-state index is 12.6. The van der Waals surface area contributed by atoms with Crippen LogP contribution in [-0.2, 0) is 11.3 Å². The van der Waals surface area contributed by atoms with Crippen molar-refractivity contribution >= 4 is 23.2 Å². The summed E-state index contributed by atoms with van der Waals surface area (Å²) in [6.45, 7) is 5.80. The van der Waals surface area contributed by atoms with Gasteiger partial charge in [-0.25, -0.2) is 5.01 Å². The molecule has 0 unspecified atom stereocenters. The van der Waals surface area contributed by atoms with E-state index in [0.29, 0.717) is 13.1 Å². The second-order valence-electron chi connectivity index (χ2n) is 7.36. The van der Waals surface area contributed by atoms with Gasteiger partial charge < -0.3 is 0 Å². The summed E-state index contributed by atoms with van der Waals surface area (Å²) in [6, 6.07) is 18.1. The van der Waals surface area contributed by atoms with Crippen molar-refractivity contribution in [1.29, 1.82) is 0 Å². The lowest BCUT2D eigenvalue weighted by Crippen LogP contribution is -2.49. The molecule has 0 radical (unpaired) electrons. The van der Waals surface area contributed by atoms with Crippen LogP contribution in [0.5, 0.6) is 0 Å². The summed E-state index contributed by atoms with van der Waals surface area (Å²) in [4.78, 5) is 17.3. The molecule has 2 heterocycles. The molecule has 1 amide bonds. The van der Waals surface area contributed by atoms with E-state index in [1.54, 1.807) is 5.01 Å². The van der Waals surface area contributed by atoms with Crippen LogP contribution in [0.2, 0.25) is 5.02 Å². The van der Waals surface area contributed by atoms with Crippen LogP contribution >= 0.6 is 11.6 Å². The number of hydrogen-bond acceptors (Lipinski definition) is 4. The third-order valence-corrected chi connectivity index (χ3v) is 5.59. The van der Waals surface area contributed by atoms with Crippen molar-refractivity contribution in [2.75, 3.05) is 39.3 Å². The second kappa shape index (κ2) is 8.86. The van der Waals surface area contributed by atoms with Crippen LogP contribution in [0.4, 0.5) is 0 Å². The SMILES string of the molecule is O=C(CN1CCN(Cc2ccc(Cl)cc2)CC1)N1CCC(c2ccccc2)=N1. The zero-order valence-electron chi connectivity index (χ0n) is 15.9. The van der Waals surface area contributed by atoms with Gasteiger partial charge in [0.25, 0.3) is 5.91 Å². The van der Waals surface area contributed by atoms with Crippen LogP contribution in [0.3, 0.4) is 0 Å². The number of benzene rings is 2. The normalized spacial score (nSPS) is 18.3. The molecule has 0 bridgehead atoms. The first kappa shape index (κ1) is 19.1. The van der Waals surface area contributed by atoms with E-state index in [1.807, 2.05) is 42.5 Å². The van der Waals surface area contributed by atoms with Gasteiger partial charge in [0.2, 0.25) is 0 Å². The van der Waals surface area contributed by atoms with Gasteiger partial charge in [-0.2, -0.15) is 5.10 Å². The number of rotatable bonds is 5. The topological polar surface area (TPSA) is 39.2 Å². The Kier molecular flexibility index (Phi) is 6.05. The van der Waals surface area contributed by atoms with E-state index < -0.39 is 0 Å². The van der Waals surface area contributed by atoms with Crippen molar-refractivity contribution in [3.05, 3.63) is 70.7 Å². The number of piperazine rings is 1. The first-order valence-corrected chi connectivity index (χ1v) is 10.2. The number of nitrogens with zero attached hydrogens (tertiary/aromatic N) is 4. The van der Waals surface area contributed by atoms with Crippen molar-refractivity contribution in [3.8, 4) is 0 Å². The molecule has 2 aliphatic rings. The molecule has 0 aromatic heterocycles. The minimum absolute atomic E-state index is 0.0945. The molecule has 2 aromatic carbocycles. The van der Waals surface area contributed by atoms with Crippen LogP contribution < -0.4 is 0 Å². The molecule has 2 aromatic rings. The molecule has 6 heteroatoms. The summed E-state index contributed by atoms with van der Waals surface area (Å²) in [5.41, 5.74) is 3.38. The molecule has 5 nitrogen and oxygen atoms in total. The summed E-state index contributed by atoms with van der Waals surface area (Å²) in [5.74, 6) is 0.0945. The molecule has 1 saturated heterocycles. The van der Waals surface area contributed by atoms with Crippen molar-refractivity contribution in [3.63, 3.8) is 0 Å². The highest BCUT2D eigenvalue weighted by molar-refractivity contribution is 6.30. The van der Waals surface area contributed by atoms with Crippen molar-refractivity contribution < 1.29 is 4.79 Å². The Balaban J connectivity index is 1.25. The molecule has 4 rings (SSSR count). The molecular weight excluding hydrogens is 372 g/mol. The van der Waals surface area contributed by atoms with Gasteiger partial charge in [0.1, 0.15) is 0 Å². The van der Waals surface area contributed by atoms with E-state index in [9.17, 15) is 4.79 Å². The lowest BCUT2D eigenvalue weighted by Gasteiger charge is -2.34. The quantitative estimate of drug-likeness (QED) is 0.779. The second-order valence-corrected chi connectivity index (χ2v) is 7.79. The number of hydrogen-bond donors (Lipinski definition) is 0. The van der Waals surface area contributed by atoms with Gasteiger partial charge in [-0.05, 0) is 23.3 Å². The standard InChI is InChI=1S/C22H25ClN4O/c23-20-8-6-18(7-9-20)16-25-12-14-26(15-13-25)17-22(28)27-11-10-21(24-27)19-4-2-1-3-5-19/h1-9H,10-17H2. The lowest BCUT2D eigenvalue weighted by atomic mass is 10.1. The van der Waals surface area contributed by atoms with Crippen LogP contribution in [0.15, 0.2) is 59.7 Å². The molecule has 1 fully saturated rings. The van der Waals surface area contributed by atoms with Gasteiger partial charge in [-0.15, -0.1) is 0 Å². The van der Waals surface area contributed by atoms with E-state index in [1.165, 1.54) is 5.56 Å². The maximum absolute atomic E-state index is 12.6. The van der Waals surface area contributed by atoms with E-state index in [-0.39, 0.29) is 5.91 Å². The van der Waals surface area contributed by atoms with Crippen molar-refractivity contribution in [2.45, 2.75) is 13.0 Å². The van der Waals surface area contributed by atoms with Gasteiger partial charge in [0.05, 0.1) is 18.8 Å². The highest BCUT2D eigenvalue weighted by Gasteiger charge is 2.25. The average Bonchev–Trinajstić information content (AvgIpc) is 3.22. The number of hydrazone groups is 1. The van der Waals surface area contributed by atoms with Gasteiger partial charge in [0, 0.05) is 44.2 Å². The fourth-order valence-electron chi connectivity index (χ4n) is 3.70. The third kappa shape index (κ3) is 4.79. The fraction of sp³-hybridized carbons (Fsp3) is 0.364. The van der Waals surface area contributed by atoms with Crippen LogP contribution in [-0.4, -0.2) is 65.7 Å². The fourth-order valence-corrected chi connectivity index (χ4v) is 3.82. The number of halogens is 1. The van der Waals surface area contributed by atoms with E-state index in [2.05, 4.69) is 27.0 Å². The average molecular weight is 397 g/mol. The largest absolute Gasteiger partial charge is 0.297 e. The number of amides is 1. The molecule has 0 N–H and O–H groups in total. The monoisotopic (exact) mass is 396 g/mol. The zero-order chi connectivity index (χ0) is 19.3. The van der Waals surface area contributed by atoms with Gasteiger partial charge in [0.15, 0.2) is 0 Å². The van der Waals surface area contributed by atoms with Gasteiger partial charge in [-0.3, -0.25) is 14.6 Å². The molecular formula is C22H25ClN4O. The van der Waals surface area contributed by atoms with Crippen LogP contribution in [0.1, 0.15) is 17.5 Å². The Morgan fingerprint density at radius 2 is 1.57 bits per heavy atom. The van der Waals surface area contributed by atoms with Gasteiger partial charge in [-0.1, -0.05) is 54.1 Å². The molecule has 28 heavy (non-hydrogen) atoms. The Bertz CT molecular complexity index is 829. The smallest absolute Gasteiger partial charge is 0.256 e. The van der Waals surface area contributed by atoms with Crippen LogP contribution in [0, 0.1) is 0 Å². The Labute approximate surface area is 171 Å². The number of carbonyl (C=O) groups excluding carboxylic acids is 1. The number of carbonyl (C=O) groups is 1. The van der Waals surface area contributed by atoms with E-state index >= 15 is 0 Å². The van der Waals surface area contributed by atoms with E-state index in [4.69, 9.17) is 11.6 Å². The molecule has 0 aliphatic carbocycles. The predicted octanol–water partition coefficient (Wildman–Crippen LogP) is 3.09. The summed E-state index contributed by atoms with van der Waals surface area (Å²) in [5, 5.41) is 6.97. The minimum atomic E-state index is 0.0945. The highest BCUT2D eigenvalue weighted by atomic mass is 35.5. The van der Waals surface area contributed by atoms with Crippen LogP contribution in [0.25, 0.3) is 0 Å². The third-order valence-electron chi connectivity index (χ3n) is 5.34. The van der Waals surface area contributed by atoms with E-state index in [0.717, 1.165) is 55.4 Å². The lowest BCUT2D eigenvalue weighted by molar-refractivity contribution is -0.132. The first-order valence-electron chi connectivity index (χ1n) is 9.80. The summed E-state index contributed by atoms with van der Waals surface area (Å²) in [7, 11) is 0. The van der Waals surface area contributed by atoms with Crippen molar-refractivity contribution in [1.82, 2.24) is 14.8 Å². The molecule has 0 saturated carbocycles.